The first-order chi connectivity index (χ1) is 7.68. The zero-order chi connectivity index (χ0) is 11.3. The van der Waals surface area contributed by atoms with E-state index in [-0.39, 0.29) is 0 Å². The number of aryl methyl sites for hydroxylation is 1. The van der Waals surface area contributed by atoms with Gasteiger partial charge < -0.3 is 14.8 Å². The molecule has 0 unspecified atom stereocenters. The molecule has 3 rings (SSSR count). The van der Waals surface area contributed by atoms with Crippen LogP contribution >= 0.6 is 0 Å². The van der Waals surface area contributed by atoms with Crippen molar-refractivity contribution in [3.63, 3.8) is 0 Å². The monoisotopic (exact) mass is 217 g/mol. The molecule has 0 saturated heterocycles. The summed E-state index contributed by atoms with van der Waals surface area (Å²) in [6.07, 6.45) is 0.782. The average Bonchev–Trinajstić information content (AvgIpc) is 2.78. The highest BCUT2D eigenvalue weighted by Gasteiger charge is 2.23. The van der Waals surface area contributed by atoms with Gasteiger partial charge in [-0.2, -0.15) is 0 Å². The number of aromatic amines is 1. The van der Waals surface area contributed by atoms with Gasteiger partial charge in [-0.1, -0.05) is 0 Å². The van der Waals surface area contributed by atoms with Crippen molar-refractivity contribution in [1.82, 2.24) is 4.98 Å². The molecule has 2 N–H and O–H groups in total. The fourth-order valence-electron chi connectivity index (χ4n) is 2.38. The number of H-pyrrole nitrogens is 1. The van der Waals surface area contributed by atoms with Gasteiger partial charge in [-0.15, -0.1) is 0 Å². The maximum Gasteiger partial charge on any atom is 0.338 e. The van der Waals surface area contributed by atoms with Crippen molar-refractivity contribution in [3.8, 4) is 5.75 Å². The number of hydrogen-bond donors (Lipinski definition) is 2. The Morgan fingerprint density at radius 2 is 2.31 bits per heavy atom. The Bertz CT molecular complexity index is 598. The fraction of sp³-hybridized carbons (Fsp3) is 0.250. The summed E-state index contributed by atoms with van der Waals surface area (Å²) in [6, 6.07) is 3.77. The van der Waals surface area contributed by atoms with E-state index >= 15 is 0 Å². The number of carbonyl (C=O) groups is 1. The van der Waals surface area contributed by atoms with Crippen molar-refractivity contribution in [2.75, 3.05) is 6.61 Å². The molecular weight excluding hydrogens is 206 g/mol. The van der Waals surface area contributed by atoms with Crippen molar-refractivity contribution in [1.29, 1.82) is 0 Å². The first-order valence-corrected chi connectivity index (χ1v) is 5.18. The van der Waals surface area contributed by atoms with Crippen molar-refractivity contribution in [3.05, 3.63) is 29.0 Å². The number of carboxylic acid groups (broad SMARTS) is 1. The number of benzene rings is 1. The second-order valence-electron chi connectivity index (χ2n) is 3.99. The van der Waals surface area contributed by atoms with Crippen LogP contribution in [0, 0.1) is 6.92 Å². The maximum absolute atomic E-state index is 11.2. The van der Waals surface area contributed by atoms with Gasteiger partial charge in [0, 0.05) is 28.6 Å². The van der Waals surface area contributed by atoms with Gasteiger partial charge in [-0.05, 0) is 19.1 Å². The second-order valence-corrected chi connectivity index (χ2v) is 3.99. The molecule has 1 aliphatic heterocycles. The molecule has 1 aromatic heterocycles. The molecular formula is C12H11NO3. The molecule has 0 bridgehead atoms. The van der Waals surface area contributed by atoms with E-state index in [2.05, 4.69) is 4.98 Å². The molecule has 2 heterocycles. The van der Waals surface area contributed by atoms with E-state index in [1.807, 2.05) is 12.1 Å². The van der Waals surface area contributed by atoms with Gasteiger partial charge in [-0.25, -0.2) is 4.79 Å². The predicted octanol–water partition coefficient (Wildman–Crippen LogP) is 2.11. The van der Waals surface area contributed by atoms with Crippen molar-refractivity contribution in [2.24, 2.45) is 0 Å². The Labute approximate surface area is 91.8 Å². The molecule has 2 aromatic rings. The van der Waals surface area contributed by atoms with Gasteiger partial charge in [0.15, 0.2) is 0 Å². The van der Waals surface area contributed by atoms with E-state index in [0.29, 0.717) is 17.9 Å². The van der Waals surface area contributed by atoms with Gasteiger partial charge in [0.05, 0.1) is 12.2 Å². The van der Waals surface area contributed by atoms with Gasteiger partial charge in [0.1, 0.15) is 5.75 Å². The number of rotatable bonds is 1. The number of fused-ring (bicyclic) bond motifs is 3. The summed E-state index contributed by atoms with van der Waals surface area (Å²) < 4.78 is 5.44. The van der Waals surface area contributed by atoms with E-state index in [9.17, 15) is 9.90 Å². The van der Waals surface area contributed by atoms with E-state index in [4.69, 9.17) is 4.74 Å². The summed E-state index contributed by atoms with van der Waals surface area (Å²) in [6.45, 7) is 2.42. The van der Waals surface area contributed by atoms with Gasteiger partial charge in [0.2, 0.25) is 0 Å². The number of carboxylic acids is 1. The molecule has 0 spiro atoms. The number of nitrogens with one attached hydrogen (secondary N) is 1. The average molecular weight is 217 g/mol. The lowest BCUT2D eigenvalue weighted by atomic mass is 10.0. The highest BCUT2D eigenvalue weighted by molar-refractivity contribution is 6.06. The lowest BCUT2D eigenvalue weighted by Gasteiger charge is -2.00. The molecule has 0 fully saturated rings. The van der Waals surface area contributed by atoms with E-state index in [1.165, 1.54) is 0 Å². The highest BCUT2D eigenvalue weighted by atomic mass is 16.5. The standard InChI is InChI=1S/C12H11NO3/c1-6-10(12(14)15)11-7-4-5-16-9(7)3-2-8(11)13-6/h2-3,13H,4-5H2,1H3,(H,14,15). The van der Waals surface area contributed by atoms with Crippen LogP contribution < -0.4 is 4.74 Å². The highest BCUT2D eigenvalue weighted by Crippen LogP contribution is 2.35. The normalized spacial score (nSPS) is 13.8. The second kappa shape index (κ2) is 3.01. The Hall–Kier alpha value is -1.97. The Balaban J connectivity index is 2.45. The van der Waals surface area contributed by atoms with Crippen molar-refractivity contribution in [2.45, 2.75) is 13.3 Å². The molecule has 16 heavy (non-hydrogen) atoms. The van der Waals surface area contributed by atoms with Crippen LogP contribution in [0.15, 0.2) is 12.1 Å². The smallest absolute Gasteiger partial charge is 0.338 e. The number of aromatic carboxylic acids is 1. The zero-order valence-corrected chi connectivity index (χ0v) is 8.83. The minimum absolute atomic E-state index is 0.373. The molecule has 1 aromatic carbocycles. The fourth-order valence-corrected chi connectivity index (χ4v) is 2.38. The van der Waals surface area contributed by atoms with Gasteiger partial charge in [0.25, 0.3) is 0 Å². The van der Waals surface area contributed by atoms with Crippen LogP contribution in [-0.4, -0.2) is 22.7 Å². The topological polar surface area (TPSA) is 62.3 Å². The quantitative estimate of drug-likeness (QED) is 0.769. The molecule has 0 saturated carbocycles. The lowest BCUT2D eigenvalue weighted by Crippen LogP contribution is -1.98. The third-order valence-corrected chi connectivity index (χ3v) is 3.04. The van der Waals surface area contributed by atoms with Crippen LogP contribution in [0.2, 0.25) is 0 Å². The third-order valence-electron chi connectivity index (χ3n) is 3.04. The minimum atomic E-state index is -0.885. The van der Waals surface area contributed by atoms with Crippen LogP contribution in [-0.2, 0) is 6.42 Å². The molecule has 0 aliphatic carbocycles. The predicted molar refractivity (Wildman–Crippen MR) is 59.2 cm³/mol. The molecule has 0 atom stereocenters. The molecule has 82 valence electrons. The van der Waals surface area contributed by atoms with Crippen LogP contribution in [0.1, 0.15) is 21.6 Å². The Morgan fingerprint density at radius 1 is 1.50 bits per heavy atom. The summed E-state index contributed by atoms with van der Waals surface area (Å²) in [7, 11) is 0. The lowest BCUT2D eigenvalue weighted by molar-refractivity contribution is 0.0698. The van der Waals surface area contributed by atoms with E-state index in [0.717, 1.165) is 28.6 Å². The summed E-state index contributed by atoms with van der Waals surface area (Å²) in [5, 5.41) is 10.0. The maximum atomic E-state index is 11.2. The van der Waals surface area contributed by atoms with Crippen LogP contribution in [0.25, 0.3) is 10.9 Å². The Kier molecular flexibility index (Phi) is 1.74. The summed E-state index contributed by atoms with van der Waals surface area (Å²) >= 11 is 0. The Morgan fingerprint density at radius 3 is 3.06 bits per heavy atom. The van der Waals surface area contributed by atoms with E-state index in [1.54, 1.807) is 6.92 Å². The largest absolute Gasteiger partial charge is 0.493 e. The first-order valence-electron chi connectivity index (χ1n) is 5.18. The van der Waals surface area contributed by atoms with Crippen LogP contribution in [0.5, 0.6) is 5.75 Å². The molecule has 4 heteroatoms. The molecule has 0 amide bonds. The summed E-state index contributed by atoms with van der Waals surface area (Å²) in [4.78, 5) is 14.3. The van der Waals surface area contributed by atoms with Crippen molar-refractivity contribution >= 4 is 16.9 Å². The molecule has 0 radical (unpaired) electrons. The van der Waals surface area contributed by atoms with Crippen LogP contribution in [0.4, 0.5) is 0 Å². The number of aromatic nitrogens is 1. The van der Waals surface area contributed by atoms with E-state index < -0.39 is 5.97 Å². The number of hydrogen-bond acceptors (Lipinski definition) is 2. The minimum Gasteiger partial charge on any atom is -0.493 e. The van der Waals surface area contributed by atoms with Gasteiger partial charge >= 0.3 is 5.97 Å². The van der Waals surface area contributed by atoms with Crippen LogP contribution in [0.3, 0.4) is 0 Å². The SMILES string of the molecule is Cc1[nH]c2ccc3c(c2c1C(=O)O)CCO3. The number of ether oxygens (including phenoxy) is 1. The summed E-state index contributed by atoms with van der Waals surface area (Å²) in [5.41, 5.74) is 2.96. The first kappa shape index (κ1) is 9.27. The summed E-state index contributed by atoms with van der Waals surface area (Å²) in [5.74, 6) is -0.0712. The zero-order valence-electron chi connectivity index (χ0n) is 8.83. The van der Waals surface area contributed by atoms with Gasteiger partial charge in [-0.3, -0.25) is 0 Å². The molecule has 1 aliphatic rings. The van der Waals surface area contributed by atoms with Crippen molar-refractivity contribution < 1.29 is 14.6 Å². The molecule has 4 nitrogen and oxygen atoms in total. The third kappa shape index (κ3) is 1.07.